The van der Waals surface area contributed by atoms with Crippen molar-refractivity contribution in [3.05, 3.63) is 34.3 Å². The molecular weight excluding hydrogens is 268 g/mol. The Morgan fingerprint density at radius 1 is 1.42 bits per heavy atom. The minimum Gasteiger partial charge on any atom is -0.377 e. The monoisotopic (exact) mass is 282 g/mol. The van der Waals surface area contributed by atoms with Crippen molar-refractivity contribution in [2.45, 2.75) is 13.0 Å². The second kappa shape index (κ2) is 5.59. The molecule has 0 bridgehead atoms. The quantitative estimate of drug-likeness (QED) is 0.889. The van der Waals surface area contributed by atoms with Crippen molar-refractivity contribution in [1.82, 2.24) is 4.90 Å². The van der Waals surface area contributed by atoms with E-state index in [4.69, 9.17) is 22.1 Å². The van der Waals surface area contributed by atoms with E-state index < -0.39 is 5.91 Å². The van der Waals surface area contributed by atoms with Gasteiger partial charge in [0, 0.05) is 11.6 Å². The Morgan fingerprint density at radius 2 is 2.16 bits per heavy atom. The minimum absolute atomic E-state index is 0.0299. The number of hydrogen-bond acceptors (Lipinski definition) is 3. The first-order chi connectivity index (χ1) is 9.00. The van der Waals surface area contributed by atoms with Crippen LogP contribution in [0.2, 0.25) is 5.02 Å². The summed E-state index contributed by atoms with van der Waals surface area (Å²) in [5.74, 6) is -0.881. The number of carbonyl (C=O) groups is 2. The van der Waals surface area contributed by atoms with Crippen LogP contribution in [0.25, 0.3) is 0 Å². The van der Waals surface area contributed by atoms with Crippen LogP contribution in [-0.4, -0.2) is 42.5 Å². The molecule has 1 atom stereocenters. The van der Waals surface area contributed by atoms with E-state index >= 15 is 0 Å². The van der Waals surface area contributed by atoms with Gasteiger partial charge in [-0.1, -0.05) is 11.6 Å². The first kappa shape index (κ1) is 13.8. The lowest BCUT2D eigenvalue weighted by Gasteiger charge is -2.33. The number of hydrogen-bond donors (Lipinski definition) is 1. The highest BCUT2D eigenvalue weighted by Crippen LogP contribution is 2.19. The van der Waals surface area contributed by atoms with Gasteiger partial charge in [-0.25, -0.2) is 0 Å². The molecule has 1 heterocycles. The third-order valence-corrected chi connectivity index (χ3v) is 3.34. The molecule has 2 rings (SSSR count). The Labute approximate surface area is 116 Å². The second-order valence-corrected chi connectivity index (χ2v) is 4.91. The summed E-state index contributed by atoms with van der Waals surface area (Å²) in [5.41, 5.74) is 5.72. The SMILES string of the molecule is CC1COCCN1C(=O)c1ccc(Cl)cc1C(N)=O. The fraction of sp³-hybridized carbons (Fsp3) is 0.385. The summed E-state index contributed by atoms with van der Waals surface area (Å²) >= 11 is 5.83. The minimum atomic E-state index is -0.660. The van der Waals surface area contributed by atoms with E-state index in [1.165, 1.54) is 12.1 Å². The van der Waals surface area contributed by atoms with E-state index in [0.717, 1.165) is 0 Å². The standard InChI is InChI=1S/C13H15ClN2O3/c1-8-7-19-5-4-16(8)13(18)10-3-2-9(14)6-11(10)12(15)17/h2-3,6,8H,4-5,7H2,1H3,(H2,15,17). The van der Waals surface area contributed by atoms with Crippen LogP contribution in [0.1, 0.15) is 27.6 Å². The molecule has 0 saturated carbocycles. The maximum absolute atomic E-state index is 12.5. The molecule has 1 unspecified atom stereocenters. The Kier molecular flexibility index (Phi) is 4.07. The van der Waals surface area contributed by atoms with Crippen LogP contribution >= 0.6 is 11.6 Å². The normalized spacial score (nSPS) is 19.3. The highest BCUT2D eigenvalue weighted by Gasteiger charge is 2.27. The lowest BCUT2D eigenvalue weighted by atomic mass is 10.0. The van der Waals surface area contributed by atoms with Crippen LogP contribution in [0.5, 0.6) is 0 Å². The van der Waals surface area contributed by atoms with Crippen molar-refractivity contribution in [1.29, 1.82) is 0 Å². The van der Waals surface area contributed by atoms with Crippen LogP contribution in [0.3, 0.4) is 0 Å². The molecule has 2 amide bonds. The number of ether oxygens (including phenoxy) is 1. The maximum atomic E-state index is 12.5. The van der Waals surface area contributed by atoms with Gasteiger partial charge in [0.2, 0.25) is 5.91 Å². The lowest BCUT2D eigenvalue weighted by molar-refractivity contribution is 0.00353. The van der Waals surface area contributed by atoms with Gasteiger partial charge in [0.1, 0.15) is 0 Å². The van der Waals surface area contributed by atoms with Gasteiger partial charge in [-0.05, 0) is 25.1 Å². The molecule has 1 aliphatic heterocycles. The van der Waals surface area contributed by atoms with Gasteiger partial charge in [0.15, 0.2) is 0 Å². The number of nitrogens with two attached hydrogens (primary N) is 1. The average molecular weight is 283 g/mol. The number of primary amides is 1. The van der Waals surface area contributed by atoms with E-state index in [1.807, 2.05) is 6.92 Å². The van der Waals surface area contributed by atoms with Gasteiger partial charge in [0.25, 0.3) is 5.91 Å². The van der Waals surface area contributed by atoms with E-state index in [2.05, 4.69) is 0 Å². The summed E-state index contributed by atoms with van der Waals surface area (Å²) in [6, 6.07) is 4.50. The molecular formula is C13H15ClN2O3. The molecule has 102 valence electrons. The van der Waals surface area contributed by atoms with Gasteiger partial charge >= 0.3 is 0 Å². The van der Waals surface area contributed by atoms with Gasteiger partial charge < -0.3 is 15.4 Å². The van der Waals surface area contributed by atoms with E-state index in [0.29, 0.717) is 24.8 Å². The lowest BCUT2D eigenvalue weighted by Crippen LogP contribution is -2.47. The maximum Gasteiger partial charge on any atom is 0.255 e. The summed E-state index contributed by atoms with van der Waals surface area (Å²) in [5, 5.41) is 0.375. The zero-order valence-electron chi connectivity index (χ0n) is 10.6. The van der Waals surface area contributed by atoms with E-state index in [9.17, 15) is 9.59 Å². The fourth-order valence-corrected chi connectivity index (χ4v) is 2.26. The smallest absolute Gasteiger partial charge is 0.255 e. The predicted octanol–water partition coefficient (Wildman–Crippen LogP) is 1.30. The average Bonchev–Trinajstić information content (AvgIpc) is 2.38. The number of morpholine rings is 1. The summed E-state index contributed by atoms with van der Waals surface area (Å²) in [6.07, 6.45) is 0. The zero-order valence-corrected chi connectivity index (χ0v) is 11.3. The topological polar surface area (TPSA) is 72.6 Å². The Balaban J connectivity index is 2.35. The highest BCUT2D eigenvalue weighted by atomic mass is 35.5. The molecule has 1 aliphatic rings. The molecule has 0 spiro atoms. The predicted molar refractivity (Wildman–Crippen MR) is 71.3 cm³/mol. The molecule has 6 heteroatoms. The van der Waals surface area contributed by atoms with Crippen molar-refractivity contribution >= 4 is 23.4 Å². The van der Waals surface area contributed by atoms with Crippen LogP contribution in [-0.2, 0) is 4.74 Å². The number of amides is 2. The van der Waals surface area contributed by atoms with Crippen molar-refractivity contribution in [2.75, 3.05) is 19.8 Å². The molecule has 1 fully saturated rings. The third kappa shape index (κ3) is 2.88. The molecule has 19 heavy (non-hydrogen) atoms. The van der Waals surface area contributed by atoms with Crippen LogP contribution in [0.4, 0.5) is 0 Å². The van der Waals surface area contributed by atoms with Gasteiger partial charge in [-0.2, -0.15) is 0 Å². The van der Waals surface area contributed by atoms with E-state index in [-0.39, 0.29) is 23.1 Å². The van der Waals surface area contributed by atoms with Crippen molar-refractivity contribution in [3.63, 3.8) is 0 Å². The van der Waals surface area contributed by atoms with Crippen molar-refractivity contribution < 1.29 is 14.3 Å². The van der Waals surface area contributed by atoms with E-state index in [1.54, 1.807) is 11.0 Å². The van der Waals surface area contributed by atoms with Crippen LogP contribution in [0.15, 0.2) is 18.2 Å². The molecule has 5 nitrogen and oxygen atoms in total. The molecule has 1 aromatic rings. The Hall–Kier alpha value is -1.59. The molecule has 1 saturated heterocycles. The van der Waals surface area contributed by atoms with Crippen LogP contribution < -0.4 is 5.73 Å². The summed E-state index contributed by atoms with van der Waals surface area (Å²) in [7, 11) is 0. The van der Waals surface area contributed by atoms with Crippen LogP contribution in [0, 0.1) is 0 Å². The Bertz CT molecular complexity index is 519. The largest absolute Gasteiger partial charge is 0.377 e. The molecule has 0 aromatic heterocycles. The van der Waals surface area contributed by atoms with Gasteiger partial charge in [-0.3, -0.25) is 9.59 Å². The molecule has 1 aromatic carbocycles. The summed E-state index contributed by atoms with van der Waals surface area (Å²) in [4.78, 5) is 25.6. The number of carbonyl (C=O) groups excluding carboxylic acids is 2. The van der Waals surface area contributed by atoms with Gasteiger partial charge in [0.05, 0.1) is 30.4 Å². The molecule has 0 aliphatic carbocycles. The van der Waals surface area contributed by atoms with Gasteiger partial charge in [-0.15, -0.1) is 0 Å². The number of halogens is 1. The summed E-state index contributed by atoms with van der Waals surface area (Å²) < 4.78 is 5.29. The van der Waals surface area contributed by atoms with Crippen molar-refractivity contribution in [2.24, 2.45) is 5.73 Å². The molecule has 0 radical (unpaired) electrons. The Morgan fingerprint density at radius 3 is 2.79 bits per heavy atom. The first-order valence-corrected chi connectivity index (χ1v) is 6.36. The fourth-order valence-electron chi connectivity index (χ4n) is 2.09. The number of nitrogens with zero attached hydrogens (tertiary/aromatic N) is 1. The second-order valence-electron chi connectivity index (χ2n) is 4.48. The zero-order chi connectivity index (χ0) is 14.0. The number of benzene rings is 1. The van der Waals surface area contributed by atoms with Crippen molar-refractivity contribution in [3.8, 4) is 0 Å². The third-order valence-electron chi connectivity index (χ3n) is 3.11. The molecule has 2 N–H and O–H groups in total. The first-order valence-electron chi connectivity index (χ1n) is 5.98. The summed E-state index contributed by atoms with van der Waals surface area (Å²) in [6.45, 7) is 3.39. The number of rotatable bonds is 2. The highest BCUT2D eigenvalue weighted by molar-refractivity contribution is 6.31.